The van der Waals surface area contributed by atoms with Gasteiger partial charge in [-0.1, -0.05) is 24.8 Å². The number of hydrogen-bond donors (Lipinski definition) is 2. The number of fused-ring (bicyclic) bond motifs is 1. The van der Waals surface area contributed by atoms with Crippen molar-refractivity contribution < 1.29 is 9.59 Å². The maximum atomic E-state index is 12.6. The number of likely N-dealkylation sites (N-methyl/N-ethyl adjacent to an activating group) is 1. The summed E-state index contributed by atoms with van der Waals surface area (Å²) in [6.07, 6.45) is 5.87. The van der Waals surface area contributed by atoms with Crippen molar-refractivity contribution in [3.05, 3.63) is 73.2 Å². The summed E-state index contributed by atoms with van der Waals surface area (Å²) in [6.45, 7) is 3.56. The normalized spacial score (nSPS) is 16.9. The van der Waals surface area contributed by atoms with Crippen LogP contribution in [0.15, 0.2) is 67.6 Å². The molecule has 0 bridgehead atoms. The van der Waals surface area contributed by atoms with Gasteiger partial charge >= 0.3 is 0 Å². The van der Waals surface area contributed by atoms with Gasteiger partial charge in [0.05, 0.1) is 11.4 Å². The number of amides is 2. The number of anilines is 2. The standard InChI is InChI=1S/C25H24N8O2/c1-3-20(34)32(2)17-12-18(13-17)33-24-21(23(26)28-14-29-24)22(31-33)15-7-9-16(10-8-15)25(35)30-19-6-4-5-11-27-19/h3-11,14,17-18H,1,12-13H2,2H3,(H2,26,28,29)(H,27,30,35)/t17-,18+. The van der Waals surface area contributed by atoms with Gasteiger partial charge in [0.15, 0.2) is 5.65 Å². The lowest BCUT2D eigenvalue weighted by molar-refractivity contribution is -0.129. The minimum atomic E-state index is -0.257. The number of nitrogens with one attached hydrogen (secondary N) is 1. The van der Waals surface area contributed by atoms with Crippen molar-refractivity contribution in [3.8, 4) is 11.3 Å². The predicted molar refractivity (Wildman–Crippen MR) is 132 cm³/mol. The molecule has 1 fully saturated rings. The summed E-state index contributed by atoms with van der Waals surface area (Å²) in [6, 6.07) is 12.6. The number of aromatic nitrogens is 5. The Balaban J connectivity index is 1.42. The van der Waals surface area contributed by atoms with Gasteiger partial charge in [0.25, 0.3) is 5.91 Å². The van der Waals surface area contributed by atoms with E-state index in [-0.39, 0.29) is 23.9 Å². The number of pyridine rings is 1. The van der Waals surface area contributed by atoms with Crippen LogP contribution < -0.4 is 11.1 Å². The molecular weight excluding hydrogens is 444 g/mol. The van der Waals surface area contributed by atoms with Crippen LogP contribution in [0.25, 0.3) is 22.3 Å². The van der Waals surface area contributed by atoms with Crippen molar-refractivity contribution in [2.24, 2.45) is 0 Å². The number of carbonyl (C=O) groups is 2. The van der Waals surface area contributed by atoms with Crippen LogP contribution in [0.2, 0.25) is 0 Å². The van der Waals surface area contributed by atoms with E-state index >= 15 is 0 Å². The van der Waals surface area contributed by atoms with Gasteiger partial charge in [0.1, 0.15) is 23.7 Å². The smallest absolute Gasteiger partial charge is 0.256 e. The van der Waals surface area contributed by atoms with Gasteiger partial charge < -0.3 is 16.0 Å². The molecule has 1 aliphatic rings. The first-order chi connectivity index (χ1) is 17.0. The molecule has 10 heteroatoms. The molecule has 1 saturated carbocycles. The number of hydrogen-bond acceptors (Lipinski definition) is 7. The number of rotatable bonds is 6. The zero-order valence-electron chi connectivity index (χ0n) is 19.1. The lowest BCUT2D eigenvalue weighted by Gasteiger charge is -2.40. The van der Waals surface area contributed by atoms with Gasteiger partial charge in [-0.3, -0.25) is 9.59 Å². The first kappa shape index (κ1) is 22.2. The molecule has 10 nitrogen and oxygen atoms in total. The Hall–Kier alpha value is -4.60. The molecule has 4 aromatic rings. The third-order valence-corrected chi connectivity index (χ3v) is 6.35. The Morgan fingerprint density at radius 3 is 2.60 bits per heavy atom. The molecule has 3 aromatic heterocycles. The summed E-state index contributed by atoms with van der Waals surface area (Å²) in [5.41, 5.74) is 8.80. The van der Waals surface area contributed by atoms with Gasteiger partial charge in [-0.15, -0.1) is 0 Å². The Bertz CT molecular complexity index is 1410. The van der Waals surface area contributed by atoms with Crippen molar-refractivity contribution in [2.75, 3.05) is 18.1 Å². The molecule has 1 aromatic carbocycles. The maximum absolute atomic E-state index is 12.6. The summed E-state index contributed by atoms with van der Waals surface area (Å²) in [5, 5.41) is 8.28. The molecule has 0 radical (unpaired) electrons. The van der Waals surface area contributed by atoms with Gasteiger partial charge in [-0.2, -0.15) is 5.10 Å². The van der Waals surface area contributed by atoms with Crippen LogP contribution >= 0.6 is 0 Å². The number of nitrogens with zero attached hydrogens (tertiary/aromatic N) is 6. The van der Waals surface area contributed by atoms with Crippen molar-refractivity contribution in [3.63, 3.8) is 0 Å². The third kappa shape index (κ3) is 4.10. The van der Waals surface area contributed by atoms with E-state index in [4.69, 9.17) is 10.8 Å². The van der Waals surface area contributed by atoms with E-state index < -0.39 is 0 Å². The average molecular weight is 469 g/mol. The minimum absolute atomic E-state index is 0.0778. The highest BCUT2D eigenvalue weighted by molar-refractivity contribution is 6.04. The van der Waals surface area contributed by atoms with E-state index in [0.717, 1.165) is 18.4 Å². The van der Waals surface area contributed by atoms with E-state index in [1.807, 2.05) is 16.8 Å². The molecule has 3 heterocycles. The average Bonchev–Trinajstić information content (AvgIpc) is 3.24. The molecular formula is C25H24N8O2. The summed E-state index contributed by atoms with van der Waals surface area (Å²) in [7, 11) is 1.78. The maximum Gasteiger partial charge on any atom is 0.256 e. The highest BCUT2D eigenvalue weighted by atomic mass is 16.2. The van der Waals surface area contributed by atoms with Crippen LogP contribution in [0.4, 0.5) is 11.6 Å². The number of carbonyl (C=O) groups excluding carboxylic acids is 2. The highest BCUT2D eigenvalue weighted by Crippen LogP contribution is 2.39. The Morgan fingerprint density at radius 2 is 1.91 bits per heavy atom. The van der Waals surface area contributed by atoms with Crippen LogP contribution in [0.3, 0.4) is 0 Å². The van der Waals surface area contributed by atoms with Crippen molar-refractivity contribution in [1.29, 1.82) is 0 Å². The van der Waals surface area contributed by atoms with Gasteiger partial charge in [-0.25, -0.2) is 19.6 Å². The van der Waals surface area contributed by atoms with Crippen LogP contribution in [-0.2, 0) is 4.79 Å². The fourth-order valence-corrected chi connectivity index (χ4v) is 4.26. The van der Waals surface area contributed by atoms with E-state index in [2.05, 4.69) is 26.8 Å². The van der Waals surface area contributed by atoms with Crippen molar-refractivity contribution in [2.45, 2.75) is 24.9 Å². The SMILES string of the molecule is C=CC(=O)N(C)[C@H]1C[C@@H](n2nc(-c3ccc(C(=O)Nc4ccccn4)cc3)c3c(N)ncnc32)C1. The van der Waals surface area contributed by atoms with E-state index in [1.165, 1.54) is 12.4 Å². The van der Waals surface area contributed by atoms with Crippen LogP contribution in [-0.4, -0.2) is 54.5 Å². The monoisotopic (exact) mass is 468 g/mol. The van der Waals surface area contributed by atoms with Crippen molar-refractivity contribution >= 4 is 34.5 Å². The molecule has 0 saturated heterocycles. The number of nitrogen functional groups attached to an aromatic ring is 1. The minimum Gasteiger partial charge on any atom is -0.383 e. The summed E-state index contributed by atoms with van der Waals surface area (Å²) in [5.74, 6) is 0.462. The topological polar surface area (TPSA) is 132 Å². The van der Waals surface area contributed by atoms with E-state index in [1.54, 1.807) is 48.5 Å². The fraction of sp³-hybridized carbons (Fsp3) is 0.200. The zero-order chi connectivity index (χ0) is 24.5. The summed E-state index contributed by atoms with van der Waals surface area (Å²) in [4.78, 5) is 38.9. The van der Waals surface area contributed by atoms with E-state index in [9.17, 15) is 9.59 Å². The van der Waals surface area contributed by atoms with E-state index in [0.29, 0.717) is 33.9 Å². The second kappa shape index (κ2) is 8.98. The quantitative estimate of drug-likeness (QED) is 0.416. The Morgan fingerprint density at radius 1 is 1.14 bits per heavy atom. The molecule has 1 aliphatic carbocycles. The molecule has 0 unspecified atom stereocenters. The second-order valence-corrected chi connectivity index (χ2v) is 8.43. The summed E-state index contributed by atoms with van der Waals surface area (Å²) >= 11 is 0. The highest BCUT2D eigenvalue weighted by Gasteiger charge is 2.37. The number of nitrogens with two attached hydrogens (primary N) is 1. The Kier molecular flexibility index (Phi) is 5.69. The van der Waals surface area contributed by atoms with Crippen LogP contribution in [0, 0.1) is 0 Å². The van der Waals surface area contributed by atoms with Gasteiger partial charge in [0, 0.05) is 30.4 Å². The lowest BCUT2D eigenvalue weighted by atomic mass is 9.85. The largest absolute Gasteiger partial charge is 0.383 e. The molecule has 0 atom stereocenters. The molecule has 35 heavy (non-hydrogen) atoms. The molecule has 2 amide bonds. The first-order valence-electron chi connectivity index (χ1n) is 11.2. The first-order valence-corrected chi connectivity index (χ1v) is 11.2. The molecule has 3 N–H and O–H groups in total. The van der Waals surface area contributed by atoms with Gasteiger partial charge in [-0.05, 0) is 43.2 Å². The predicted octanol–water partition coefficient (Wildman–Crippen LogP) is 3.07. The van der Waals surface area contributed by atoms with Gasteiger partial charge in [0.2, 0.25) is 5.91 Å². The van der Waals surface area contributed by atoms with Crippen LogP contribution in [0.5, 0.6) is 0 Å². The Labute approximate surface area is 201 Å². The molecule has 176 valence electrons. The van der Waals surface area contributed by atoms with Crippen LogP contribution in [0.1, 0.15) is 29.2 Å². The summed E-state index contributed by atoms with van der Waals surface area (Å²) < 4.78 is 1.87. The third-order valence-electron chi connectivity index (χ3n) is 6.35. The zero-order valence-corrected chi connectivity index (χ0v) is 19.1. The molecule has 5 rings (SSSR count). The fourth-order valence-electron chi connectivity index (χ4n) is 4.26. The molecule has 0 aliphatic heterocycles. The second-order valence-electron chi connectivity index (χ2n) is 8.43. The lowest BCUT2D eigenvalue weighted by Crippen LogP contribution is -2.45. The molecule has 0 spiro atoms. The number of benzene rings is 1. The van der Waals surface area contributed by atoms with Crippen molar-refractivity contribution in [1.82, 2.24) is 29.6 Å².